The van der Waals surface area contributed by atoms with Crippen LogP contribution >= 0.6 is 0 Å². The summed E-state index contributed by atoms with van der Waals surface area (Å²) in [6, 6.07) is 23.1. The monoisotopic (exact) mass is 774 g/mol. The minimum atomic E-state index is -4.63. The van der Waals surface area contributed by atoms with Crippen LogP contribution in [0.3, 0.4) is 0 Å². The number of pyridine rings is 1. The maximum absolute atomic E-state index is 13.5. The van der Waals surface area contributed by atoms with E-state index in [9.17, 15) is 23.2 Å². The molecule has 2 aliphatic rings. The number of H-pyrrole nitrogens is 1. The van der Waals surface area contributed by atoms with E-state index in [1.807, 2.05) is 48.4 Å². The van der Waals surface area contributed by atoms with Crippen LogP contribution in [0.25, 0.3) is 32.9 Å². The number of nitrogens with zero attached hydrogens (tertiary/aromatic N) is 6. The number of piperidine rings is 1. The molecule has 12 nitrogen and oxygen atoms in total. The number of anilines is 1. The number of aromatic amines is 1. The number of ether oxygens (including phenoxy) is 2. The third kappa shape index (κ3) is 7.29. The Kier molecular flexibility index (Phi) is 9.38. The van der Waals surface area contributed by atoms with Crippen LogP contribution in [0, 0.1) is 18.3 Å². The number of imidazole rings is 1. The third-order valence-electron chi connectivity index (χ3n) is 10.9. The van der Waals surface area contributed by atoms with E-state index in [1.54, 1.807) is 18.2 Å². The number of fused-ring (bicyclic) bond motifs is 3. The van der Waals surface area contributed by atoms with Gasteiger partial charge in [0.25, 0.3) is 5.91 Å². The van der Waals surface area contributed by atoms with Crippen molar-refractivity contribution >= 4 is 44.5 Å². The first-order valence-electron chi connectivity index (χ1n) is 18.8. The zero-order valence-corrected chi connectivity index (χ0v) is 30.9. The number of alkyl halides is 3. The van der Waals surface area contributed by atoms with Crippen LogP contribution in [0.4, 0.5) is 18.9 Å². The number of aromatic nitrogens is 5. The number of nitriles is 1. The maximum Gasteiger partial charge on any atom is 0.433 e. The van der Waals surface area contributed by atoms with Crippen molar-refractivity contribution in [3.63, 3.8) is 0 Å². The normalized spacial score (nSPS) is 16.6. The van der Waals surface area contributed by atoms with Gasteiger partial charge in [-0.3, -0.25) is 14.8 Å². The summed E-state index contributed by atoms with van der Waals surface area (Å²) in [5.41, 5.74) is 4.36. The van der Waals surface area contributed by atoms with Gasteiger partial charge in [0.15, 0.2) is 0 Å². The molecule has 2 aliphatic heterocycles. The molecule has 1 amide bonds. The highest BCUT2D eigenvalue weighted by molar-refractivity contribution is 6.07. The number of rotatable bonds is 10. The Morgan fingerprint density at radius 2 is 1.86 bits per heavy atom. The molecular weight excluding hydrogens is 738 g/mol. The molecule has 57 heavy (non-hydrogen) atoms. The van der Waals surface area contributed by atoms with Gasteiger partial charge in [-0.1, -0.05) is 12.1 Å². The van der Waals surface area contributed by atoms with Crippen LogP contribution in [-0.4, -0.2) is 61.3 Å². The molecule has 6 heterocycles. The molecule has 290 valence electrons. The van der Waals surface area contributed by atoms with Gasteiger partial charge in [0.05, 0.1) is 47.4 Å². The summed E-state index contributed by atoms with van der Waals surface area (Å²) >= 11 is 0. The number of halogens is 3. The first-order valence-corrected chi connectivity index (χ1v) is 18.8. The Hall–Kier alpha value is -6.24. The van der Waals surface area contributed by atoms with E-state index < -0.39 is 17.8 Å². The van der Waals surface area contributed by atoms with Crippen molar-refractivity contribution in [2.45, 2.75) is 64.1 Å². The topological polar surface area (TPSA) is 147 Å². The highest BCUT2D eigenvalue weighted by atomic mass is 19.4. The van der Waals surface area contributed by atoms with E-state index in [-0.39, 0.29) is 35.1 Å². The zero-order chi connectivity index (χ0) is 39.3. The van der Waals surface area contributed by atoms with Crippen molar-refractivity contribution in [1.82, 2.24) is 29.6 Å². The van der Waals surface area contributed by atoms with E-state index in [2.05, 4.69) is 26.0 Å². The summed E-state index contributed by atoms with van der Waals surface area (Å²) in [5, 5.41) is 18.7. The number of carbonyl (C=O) groups excluding carboxylic acids is 1. The molecule has 3 aromatic carbocycles. The van der Waals surface area contributed by atoms with E-state index in [1.165, 1.54) is 18.2 Å². The second-order valence-corrected chi connectivity index (χ2v) is 14.6. The second-order valence-electron chi connectivity index (χ2n) is 14.6. The fraction of sp³-hybridized carbons (Fsp3) is 0.310. The molecular formula is C42H37F3N8O4. The fourth-order valence-electron chi connectivity index (χ4n) is 7.78. The van der Waals surface area contributed by atoms with Crippen LogP contribution < -0.4 is 10.1 Å². The third-order valence-corrected chi connectivity index (χ3v) is 10.9. The first kappa shape index (κ1) is 36.4. The smallest absolute Gasteiger partial charge is 0.433 e. The van der Waals surface area contributed by atoms with Gasteiger partial charge in [-0.2, -0.15) is 23.5 Å². The van der Waals surface area contributed by atoms with Gasteiger partial charge in [-0.05, 0) is 93.9 Å². The molecule has 4 aromatic heterocycles. The predicted octanol–water partition coefficient (Wildman–Crippen LogP) is 8.25. The summed E-state index contributed by atoms with van der Waals surface area (Å²) in [5.74, 6) is 1.89. The van der Waals surface area contributed by atoms with E-state index in [0.29, 0.717) is 41.3 Å². The lowest BCUT2D eigenvalue weighted by Gasteiger charge is -2.32. The van der Waals surface area contributed by atoms with Crippen LogP contribution in [0.1, 0.15) is 69.6 Å². The van der Waals surface area contributed by atoms with Gasteiger partial charge < -0.3 is 23.8 Å². The van der Waals surface area contributed by atoms with Gasteiger partial charge in [-0.15, -0.1) is 0 Å². The van der Waals surface area contributed by atoms with Gasteiger partial charge in [0, 0.05) is 51.9 Å². The highest BCUT2D eigenvalue weighted by Crippen LogP contribution is 2.34. The van der Waals surface area contributed by atoms with E-state index in [4.69, 9.17) is 23.9 Å². The molecule has 0 unspecified atom stereocenters. The van der Waals surface area contributed by atoms with Crippen molar-refractivity contribution in [2.75, 3.05) is 25.0 Å². The Morgan fingerprint density at radius 1 is 1.02 bits per heavy atom. The summed E-state index contributed by atoms with van der Waals surface area (Å²) in [4.78, 5) is 25.5. The molecule has 2 fully saturated rings. The van der Waals surface area contributed by atoms with Crippen molar-refractivity contribution in [3.05, 3.63) is 112 Å². The van der Waals surface area contributed by atoms with Crippen LogP contribution in [0.2, 0.25) is 0 Å². The Balaban J connectivity index is 0.868. The SMILES string of the molecule is Cc1cc2c(C#N)ccc(COc3cccc(C4CCN(Cc5nc6cc(NC(=O)c7ccc8n[nH]c(C(F)(F)F)c8c7)ccc6n5C[C@@H]5CCO5)CC4)n3)c2o1. The van der Waals surface area contributed by atoms with Crippen molar-refractivity contribution in [2.24, 2.45) is 0 Å². The molecule has 0 aliphatic carbocycles. The average molecular weight is 775 g/mol. The summed E-state index contributed by atoms with van der Waals surface area (Å²) in [6.45, 7) is 5.84. The standard InChI is InChI=1S/C42H37F3N8O4/c1-24-17-31-27(20-46)5-6-28(39(31)57-24)23-56-38-4-2-3-33(49-38)25-11-14-52(15-12-25)22-37-48-35-19-29(8-10-36(35)53(37)21-30-13-16-55-30)47-41(54)26-7-9-34-32(18-26)40(51-50-34)42(43,44)45/h2-10,17-19,25,30H,11-16,21-23H2,1H3,(H,47,54)(H,50,51)/t30-/m0/s1. The van der Waals surface area contributed by atoms with Crippen molar-refractivity contribution in [3.8, 4) is 11.9 Å². The first-order chi connectivity index (χ1) is 27.6. The number of hydrogen-bond acceptors (Lipinski definition) is 9. The molecule has 15 heteroatoms. The Morgan fingerprint density at radius 3 is 2.63 bits per heavy atom. The van der Waals surface area contributed by atoms with Gasteiger partial charge in [0.2, 0.25) is 5.88 Å². The predicted molar refractivity (Wildman–Crippen MR) is 205 cm³/mol. The molecule has 1 atom stereocenters. The van der Waals surface area contributed by atoms with Crippen molar-refractivity contribution < 1.29 is 31.9 Å². The van der Waals surface area contributed by atoms with Crippen molar-refractivity contribution in [1.29, 1.82) is 5.26 Å². The number of carbonyl (C=O) groups is 1. The number of likely N-dealkylation sites (tertiary alicyclic amines) is 1. The molecule has 2 N–H and O–H groups in total. The molecule has 0 spiro atoms. The fourth-order valence-corrected chi connectivity index (χ4v) is 7.78. The lowest BCUT2D eigenvalue weighted by Crippen LogP contribution is -2.35. The molecule has 0 saturated carbocycles. The number of aryl methyl sites for hydroxylation is 1. The number of furan rings is 1. The molecule has 9 rings (SSSR count). The maximum atomic E-state index is 13.5. The minimum absolute atomic E-state index is 0.0783. The van der Waals surface area contributed by atoms with Gasteiger partial charge >= 0.3 is 6.18 Å². The largest absolute Gasteiger partial charge is 0.473 e. The molecule has 0 bridgehead atoms. The van der Waals surface area contributed by atoms with E-state index in [0.717, 1.165) is 72.7 Å². The number of benzene rings is 3. The van der Waals surface area contributed by atoms with Gasteiger partial charge in [0.1, 0.15) is 29.5 Å². The summed E-state index contributed by atoms with van der Waals surface area (Å²) in [7, 11) is 0. The highest BCUT2D eigenvalue weighted by Gasteiger charge is 2.35. The summed E-state index contributed by atoms with van der Waals surface area (Å²) in [6.07, 6.45) is -1.75. The average Bonchev–Trinajstić information content (AvgIpc) is 3.90. The zero-order valence-electron chi connectivity index (χ0n) is 30.9. The lowest BCUT2D eigenvalue weighted by atomic mass is 9.93. The van der Waals surface area contributed by atoms with Crippen LogP contribution in [0.15, 0.2) is 77.2 Å². The Bertz CT molecular complexity index is 2680. The van der Waals surface area contributed by atoms with Gasteiger partial charge in [-0.25, -0.2) is 9.97 Å². The second kappa shape index (κ2) is 14.7. The molecule has 0 radical (unpaired) electrons. The minimum Gasteiger partial charge on any atom is -0.473 e. The lowest BCUT2D eigenvalue weighted by molar-refractivity contribution is -0.139. The number of amides is 1. The van der Waals surface area contributed by atoms with Crippen LogP contribution in [0.5, 0.6) is 5.88 Å². The molecule has 2 saturated heterocycles. The Labute approximate surface area is 324 Å². The summed E-state index contributed by atoms with van der Waals surface area (Å²) < 4.78 is 60.5. The molecule has 7 aromatic rings. The van der Waals surface area contributed by atoms with E-state index >= 15 is 0 Å². The number of hydrogen-bond donors (Lipinski definition) is 2. The number of nitrogens with one attached hydrogen (secondary N) is 2. The van der Waals surface area contributed by atoms with Crippen LogP contribution in [-0.2, 0) is 30.6 Å². The quantitative estimate of drug-likeness (QED) is 0.140.